The first kappa shape index (κ1) is 34.0. The Labute approximate surface area is 264 Å². The van der Waals surface area contributed by atoms with Gasteiger partial charge in [-0.15, -0.1) is 0 Å². The number of halogens is 8. The van der Waals surface area contributed by atoms with Crippen LogP contribution in [0.25, 0.3) is 27.8 Å². The Morgan fingerprint density at radius 3 is 1.96 bits per heavy atom. The number of ether oxygens (including phenoxy) is 1. The normalized spacial score (nSPS) is 20.8. The van der Waals surface area contributed by atoms with E-state index in [1.54, 1.807) is 24.3 Å². The molecule has 1 nitrogen and oxygen atoms in total. The van der Waals surface area contributed by atoms with Gasteiger partial charge in [-0.2, -0.15) is 26.3 Å². The lowest BCUT2D eigenvalue weighted by Gasteiger charge is -2.35. The third-order valence-electron chi connectivity index (χ3n) is 9.68. The predicted octanol–water partition coefficient (Wildman–Crippen LogP) is 12.5. The topological polar surface area (TPSA) is 9.23 Å². The van der Waals surface area contributed by atoms with Gasteiger partial charge >= 0.3 is 12.3 Å². The Balaban J connectivity index is 1.22. The molecule has 0 radical (unpaired) electrons. The summed E-state index contributed by atoms with van der Waals surface area (Å²) in [6.45, 7) is 2.24. The molecule has 0 amide bonds. The monoisotopic (exact) mass is 650 g/mol. The summed E-state index contributed by atoms with van der Waals surface area (Å²) in [7, 11) is 0. The van der Waals surface area contributed by atoms with Crippen LogP contribution in [0.5, 0.6) is 5.75 Å². The fraction of sp³-hybridized carbons (Fsp3) is 0.459. The molecule has 2 aliphatic carbocycles. The fourth-order valence-electron chi connectivity index (χ4n) is 6.99. The van der Waals surface area contributed by atoms with Crippen LogP contribution in [0.2, 0.25) is 0 Å². The standard InChI is InChI=1S/C37H38F8O/c1-2-3-4-5-23-6-8-24(9-7-23)25-10-14-27(15-11-25)30-19-18-29(22-32(30)38)26-12-16-28(17-13-26)31-20-21-33(35(40)34(31)39)46-37(44,45)36(41,42)43/h12-14,16-25H,2-11,15H2,1H3. The molecule has 0 heterocycles. The molecule has 46 heavy (non-hydrogen) atoms. The minimum absolute atomic E-state index is 0.137. The lowest BCUT2D eigenvalue weighted by Crippen LogP contribution is -2.42. The maximum absolute atomic E-state index is 15.3. The van der Waals surface area contributed by atoms with E-state index in [2.05, 4.69) is 17.7 Å². The molecule has 2 aliphatic rings. The minimum atomic E-state index is -6.11. The highest BCUT2D eigenvalue weighted by Gasteiger charge is 2.61. The van der Waals surface area contributed by atoms with Crippen LogP contribution in [-0.2, 0) is 0 Å². The number of alkyl halides is 5. The van der Waals surface area contributed by atoms with Gasteiger partial charge in [0.05, 0.1) is 0 Å². The highest BCUT2D eigenvalue weighted by atomic mass is 19.4. The fourth-order valence-corrected chi connectivity index (χ4v) is 6.99. The van der Waals surface area contributed by atoms with Crippen molar-refractivity contribution in [2.75, 3.05) is 0 Å². The van der Waals surface area contributed by atoms with Crippen molar-refractivity contribution in [3.63, 3.8) is 0 Å². The lowest BCUT2D eigenvalue weighted by atomic mass is 9.70. The van der Waals surface area contributed by atoms with Gasteiger partial charge in [-0.3, -0.25) is 0 Å². The van der Waals surface area contributed by atoms with E-state index in [1.807, 2.05) is 0 Å². The van der Waals surface area contributed by atoms with Gasteiger partial charge in [-0.05, 0) is 90.3 Å². The van der Waals surface area contributed by atoms with Crippen molar-refractivity contribution in [2.45, 2.75) is 89.8 Å². The van der Waals surface area contributed by atoms with Gasteiger partial charge in [-0.25, -0.2) is 8.78 Å². The first-order valence-corrected chi connectivity index (χ1v) is 16.1. The number of benzene rings is 3. The van der Waals surface area contributed by atoms with E-state index in [4.69, 9.17) is 0 Å². The first-order chi connectivity index (χ1) is 21.9. The molecule has 0 aromatic heterocycles. The SMILES string of the molecule is CCCCCC1CCC(C2CC=C(c3ccc(-c4ccc(-c5ccc(OC(F)(F)C(F)(F)F)c(F)c5F)cc4)cc3F)CC2)CC1. The van der Waals surface area contributed by atoms with Gasteiger partial charge in [0.25, 0.3) is 0 Å². The molecule has 0 aliphatic heterocycles. The Bertz CT molecular complexity index is 1520. The van der Waals surface area contributed by atoms with Gasteiger partial charge < -0.3 is 4.74 Å². The van der Waals surface area contributed by atoms with Crippen LogP contribution in [0, 0.1) is 35.2 Å². The van der Waals surface area contributed by atoms with Crippen LogP contribution < -0.4 is 4.74 Å². The molecule has 1 fully saturated rings. The maximum atomic E-state index is 15.3. The number of hydrogen-bond acceptors (Lipinski definition) is 1. The van der Waals surface area contributed by atoms with Crippen molar-refractivity contribution >= 4 is 5.57 Å². The smallest absolute Gasteiger partial charge is 0.423 e. The summed E-state index contributed by atoms with van der Waals surface area (Å²) in [4.78, 5) is 0. The highest BCUT2D eigenvalue weighted by molar-refractivity contribution is 5.74. The van der Waals surface area contributed by atoms with Gasteiger partial charge in [0, 0.05) is 11.1 Å². The van der Waals surface area contributed by atoms with Crippen molar-refractivity contribution in [1.29, 1.82) is 0 Å². The average Bonchev–Trinajstić information content (AvgIpc) is 3.03. The molecule has 248 valence electrons. The zero-order valence-electron chi connectivity index (χ0n) is 25.7. The van der Waals surface area contributed by atoms with Gasteiger partial charge in [0.1, 0.15) is 5.82 Å². The summed E-state index contributed by atoms with van der Waals surface area (Å²) >= 11 is 0. The van der Waals surface area contributed by atoms with Crippen LogP contribution in [0.15, 0.2) is 60.7 Å². The van der Waals surface area contributed by atoms with Crippen LogP contribution >= 0.6 is 0 Å². The second-order valence-electron chi connectivity index (χ2n) is 12.7. The van der Waals surface area contributed by atoms with Crippen LogP contribution in [0.4, 0.5) is 35.1 Å². The van der Waals surface area contributed by atoms with Crippen molar-refractivity contribution in [3.8, 4) is 28.0 Å². The summed E-state index contributed by atoms with van der Waals surface area (Å²) < 4.78 is 111. The number of hydrogen-bond donors (Lipinski definition) is 0. The predicted molar refractivity (Wildman–Crippen MR) is 164 cm³/mol. The Hall–Kier alpha value is -3.36. The van der Waals surface area contributed by atoms with Crippen molar-refractivity contribution < 1.29 is 39.9 Å². The highest BCUT2D eigenvalue weighted by Crippen LogP contribution is 2.43. The molecule has 0 saturated heterocycles. The molecule has 0 bridgehead atoms. The Kier molecular flexibility index (Phi) is 10.5. The van der Waals surface area contributed by atoms with E-state index in [0.717, 1.165) is 42.7 Å². The third kappa shape index (κ3) is 7.60. The molecule has 1 atom stereocenters. The third-order valence-corrected chi connectivity index (χ3v) is 9.68. The summed E-state index contributed by atoms with van der Waals surface area (Å²) in [5.41, 5.74) is 2.54. The van der Waals surface area contributed by atoms with Crippen molar-refractivity contribution in [1.82, 2.24) is 0 Å². The molecule has 0 N–H and O–H groups in total. The zero-order valence-corrected chi connectivity index (χ0v) is 25.7. The van der Waals surface area contributed by atoms with Crippen molar-refractivity contribution in [3.05, 3.63) is 83.7 Å². The van der Waals surface area contributed by atoms with Gasteiger partial charge in [-0.1, -0.05) is 87.9 Å². The molecule has 3 aromatic carbocycles. The molecule has 9 heteroatoms. The van der Waals surface area contributed by atoms with E-state index in [0.29, 0.717) is 28.7 Å². The number of rotatable bonds is 10. The number of allylic oxidation sites excluding steroid dienone is 2. The summed E-state index contributed by atoms with van der Waals surface area (Å²) in [5.74, 6) is -3.24. The molecule has 1 unspecified atom stereocenters. The second kappa shape index (κ2) is 14.2. The van der Waals surface area contributed by atoms with Gasteiger partial charge in [0.15, 0.2) is 11.6 Å². The zero-order chi connectivity index (χ0) is 33.1. The van der Waals surface area contributed by atoms with Crippen LogP contribution in [0.1, 0.15) is 83.1 Å². The summed E-state index contributed by atoms with van der Waals surface area (Å²) in [5, 5.41) is 0. The van der Waals surface area contributed by atoms with Crippen LogP contribution in [0.3, 0.4) is 0 Å². The molecule has 3 aromatic rings. The van der Waals surface area contributed by atoms with E-state index in [9.17, 15) is 30.7 Å². The number of unbranched alkanes of at least 4 members (excludes halogenated alkanes) is 2. The van der Waals surface area contributed by atoms with E-state index in [1.165, 1.54) is 69.6 Å². The van der Waals surface area contributed by atoms with Crippen molar-refractivity contribution in [2.24, 2.45) is 17.8 Å². The largest absolute Gasteiger partial charge is 0.499 e. The minimum Gasteiger partial charge on any atom is -0.423 e. The average molecular weight is 651 g/mol. The quantitative estimate of drug-likeness (QED) is 0.157. The van der Waals surface area contributed by atoms with E-state index in [-0.39, 0.29) is 16.9 Å². The lowest BCUT2D eigenvalue weighted by molar-refractivity contribution is -0.361. The Morgan fingerprint density at radius 1 is 0.696 bits per heavy atom. The molecular weight excluding hydrogens is 612 g/mol. The van der Waals surface area contributed by atoms with Gasteiger partial charge in [0.2, 0.25) is 5.82 Å². The molecule has 0 spiro atoms. The van der Waals surface area contributed by atoms with E-state index < -0.39 is 29.7 Å². The van der Waals surface area contributed by atoms with Crippen LogP contribution in [-0.4, -0.2) is 12.3 Å². The second-order valence-corrected chi connectivity index (χ2v) is 12.7. The maximum Gasteiger partial charge on any atom is 0.499 e. The summed E-state index contributed by atoms with van der Waals surface area (Å²) in [6, 6.07) is 12.3. The molecular formula is C37H38F8O. The van der Waals surface area contributed by atoms with E-state index >= 15 is 4.39 Å². The molecule has 5 rings (SSSR count). The Morgan fingerprint density at radius 2 is 1.35 bits per heavy atom. The summed E-state index contributed by atoms with van der Waals surface area (Å²) in [6.07, 6.45) is 3.82. The molecule has 1 saturated carbocycles. The first-order valence-electron chi connectivity index (χ1n) is 16.1.